The molecule has 3 rings (SSSR count). The first-order chi connectivity index (χ1) is 13.4. The molecule has 1 heterocycles. The Balaban J connectivity index is 2.02. The number of piperidine rings is 1. The topological polar surface area (TPSA) is 65.1 Å². The number of sulfonamides is 1. The third kappa shape index (κ3) is 3.99. The molecule has 0 aliphatic carbocycles. The molecule has 1 fully saturated rings. The Kier molecular flexibility index (Phi) is 6.22. The Labute approximate surface area is 164 Å². The average Bonchev–Trinajstić information content (AvgIpc) is 2.73. The average molecular weight is 409 g/mol. The van der Waals surface area contributed by atoms with Crippen LogP contribution in [-0.2, 0) is 14.8 Å². The van der Waals surface area contributed by atoms with Gasteiger partial charge in [0.05, 0.1) is 25.2 Å². The highest BCUT2D eigenvalue weighted by molar-refractivity contribution is 7.89. The molecule has 0 N–H and O–H groups in total. The second-order valence-electron chi connectivity index (χ2n) is 6.57. The molecule has 0 amide bonds. The van der Waals surface area contributed by atoms with Gasteiger partial charge in [-0.2, -0.15) is 4.31 Å². The van der Waals surface area contributed by atoms with E-state index in [1.54, 1.807) is 19.2 Å². The van der Waals surface area contributed by atoms with Gasteiger partial charge in [-0.3, -0.25) is 0 Å². The van der Waals surface area contributed by atoms with Gasteiger partial charge < -0.3 is 14.2 Å². The summed E-state index contributed by atoms with van der Waals surface area (Å²) in [6.07, 6.45) is 1.46. The lowest BCUT2D eigenvalue weighted by molar-refractivity contribution is 0.0572. The van der Waals surface area contributed by atoms with Crippen LogP contribution >= 0.6 is 0 Å². The molecule has 152 valence electrons. The fourth-order valence-corrected chi connectivity index (χ4v) is 4.91. The van der Waals surface area contributed by atoms with Crippen molar-refractivity contribution in [2.24, 2.45) is 0 Å². The van der Waals surface area contributed by atoms with Crippen LogP contribution in [0.1, 0.15) is 12.8 Å². The fraction of sp³-hybridized carbons (Fsp3) is 0.400. The van der Waals surface area contributed by atoms with Crippen LogP contribution in [0.4, 0.5) is 4.39 Å². The molecule has 28 heavy (non-hydrogen) atoms. The number of ether oxygens (including phenoxy) is 3. The van der Waals surface area contributed by atoms with Gasteiger partial charge in [0.25, 0.3) is 0 Å². The largest absolute Gasteiger partial charge is 0.496 e. The molecule has 0 aromatic heterocycles. The Morgan fingerprint density at radius 2 is 1.75 bits per heavy atom. The molecule has 0 bridgehead atoms. The van der Waals surface area contributed by atoms with E-state index >= 15 is 0 Å². The maximum absolute atomic E-state index is 14.2. The van der Waals surface area contributed by atoms with E-state index in [0.717, 1.165) is 12.8 Å². The van der Waals surface area contributed by atoms with Crippen molar-refractivity contribution in [2.75, 3.05) is 34.4 Å². The number of nitrogens with zero attached hydrogens (tertiary/aromatic N) is 1. The molecule has 1 aliphatic rings. The van der Waals surface area contributed by atoms with Crippen LogP contribution in [0.25, 0.3) is 11.1 Å². The first-order valence-corrected chi connectivity index (χ1v) is 10.4. The maximum atomic E-state index is 14.2. The summed E-state index contributed by atoms with van der Waals surface area (Å²) in [5.41, 5.74) is 0.992. The first kappa shape index (κ1) is 20.6. The number of rotatable bonds is 6. The van der Waals surface area contributed by atoms with Crippen LogP contribution < -0.4 is 9.47 Å². The molecular weight excluding hydrogens is 385 g/mol. The molecule has 1 unspecified atom stereocenters. The van der Waals surface area contributed by atoms with Crippen molar-refractivity contribution in [3.8, 4) is 22.6 Å². The molecule has 1 aliphatic heterocycles. The van der Waals surface area contributed by atoms with Gasteiger partial charge in [0.15, 0.2) is 11.6 Å². The van der Waals surface area contributed by atoms with Gasteiger partial charge >= 0.3 is 0 Å². The normalized spacial score (nSPS) is 18.1. The summed E-state index contributed by atoms with van der Waals surface area (Å²) in [5, 5.41) is 0. The lowest BCUT2D eigenvalue weighted by Gasteiger charge is -2.31. The number of hydrogen-bond acceptors (Lipinski definition) is 5. The van der Waals surface area contributed by atoms with Gasteiger partial charge in [0.2, 0.25) is 10.0 Å². The van der Waals surface area contributed by atoms with Crippen LogP contribution in [0.15, 0.2) is 41.3 Å². The molecule has 0 spiro atoms. The summed E-state index contributed by atoms with van der Waals surface area (Å²) in [6.45, 7) is 0.762. The fourth-order valence-electron chi connectivity index (χ4n) is 3.37. The number of methoxy groups -OCH3 is 3. The zero-order valence-corrected chi connectivity index (χ0v) is 17.0. The minimum atomic E-state index is -3.70. The van der Waals surface area contributed by atoms with E-state index in [4.69, 9.17) is 14.2 Å². The molecule has 0 saturated carbocycles. The molecule has 8 heteroatoms. The van der Waals surface area contributed by atoms with Gasteiger partial charge in [0.1, 0.15) is 5.75 Å². The Hall–Kier alpha value is -2.16. The van der Waals surface area contributed by atoms with Crippen molar-refractivity contribution in [1.29, 1.82) is 0 Å². The number of benzene rings is 2. The summed E-state index contributed by atoms with van der Waals surface area (Å²) >= 11 is 0. The molecule has 1 saturated heterocycles. The lowest BCUT2D eigenvalue weighted by Crippen LogP contribution is -2.42. The van der Waals surface area contributed by atoms with Crippen molar-refractivity contribution >= 4 is 10.0 Å². The smallest absolute Gasteiger partial charge is 0.243 e. The highest BCUT2D eigenvalue weighted by Crippen LogP contribution is 2.35. The Morgan fingerprint density at radius 1 is 1.04 bits per heavy atom. The minimum absolute atomic E-state index is 0.114. The van der Waals surface area contributed by atoms with Crippen molar-refractivity contribution in [3.05, 3.63) is 42.2 Å². The number of hydrogen-bond donors (Lipinski definition) is 0. The summed E-state index contributed by atoms with van der Waals surface area (Å²) < 4.78 is 57.5. The predicted molar refractivity (Wildman–Crippen MR) is 104 cm³/mol. The first-order valence-electron chi connectivity index (χ1n) is 8.95. The van der Waals surface area contributed by atoms with Crippen molar-refractivity contribution < 1.29 is 27.0 Å². The van der Waals surface area contributed by atoms with E-state index in [1.807, 2.05) is 0 Å². The van der Waals surface area contributed by atoms with Gasteiger partial charge in [-0.15, -0.1) is 0 Å². The van der Waals surface area contributed by atoms with Crippen LogP contribution in [0.2, 0.25) is 0 Å². The second kappa shape index (κ2) is 8.46. The van der Waals surface area contributed by atoms with Crippen molar-refractivity contribution in [1.82, 2.24) is 4.31 Å². The van der Waals surface area contributed by atoms with E-state index in [1.165, 1.54) is 42.8 Å². The van der Waals surface area contributed by atoms with Crippen LogP contribution in [0, 0.1) is 5.82 Å². The molecular formula is C20H24FNO5S. The van der Waals surface area contributed by atoms with Crippen LogP contribution in [-0.4, -0.2) is 53.2 Å². The summed E-state index contributed by atoms with van der Waals surface area (Å²) in [6, 6.07) is 9.08. The third-order valence-corrected chi connectivity index (χ3v) is 6.81. The highest BCUT2D eigenvalue weighted by Gasteiger charge is 2.31. The lowest BCUT2D eigenvalue weighted by atomic mass is 10.0. The van der Waals surface area contributed by atoms with E-state index in [2.05, 4.69) is 0 Å². The number of halogens is 1. The predicted octanol–water partition coefficient (Wildman–Crippen LogP) is 3.31. The summed E-state index contributed by atoms with van der Waals surface area (Å²) in [5.74, 6) is 0.0385. The quantitative estimate of drug-likeness (QED) is 0.732. The third-order valence-electron chi connectivity index (χ3n) is 4.95. The summed E-state index contributed by atoms with van der Waals surface area (Å²) in [7, 11) is 0.757. The molecule has 1 atom stereocenters. The molecule has 2 aromatic carbocycles. The molecule has 2 aromatic rings. The van der Waals surface area contributed by atoms with E-state index in [0.29, 0.717) is 30.0 Å². The van der Waals surface area contributed by atoms with Crippen molar-refractivity contribution in [2.45, 2.75) is 23.8 Å². The SMILES string of the molecule is COc1ccc(-c2cc(S(=O)(=O)N3CCCC(OC)C3)ccc2OC)cc1F. The monoisotopic (exact) mass is 409 g/mol. The van der Waals surface area contributed by atoms with Crippen molar-refractivity contribution in [3.63, 3.8) is 0 Å². The molecule has 0 radical (unpaired) electrons. The standard InChI is InChI=1S/C20H24FNO5S/c1-25-15-5-4-10-22(13-15)28(23,24)16-7-9-19(26-2)17(12-16)14-6-8-20(27-3)18(21)11-14/h6-9,11-12,15H,4-5,10,13H2,1-3H3. The van der Waals surface area contributed by atoms with Gasteiger partial charge in [-0.25, -0.2) is 12.8 Å². The second-order valence-corrected chi connectivity index (χ2v) is 8.51. The van der Waals surface area contributed by atoms with Gasteiger partial charge in [-0.05, 0) is 48.7 Å². The van der Waals surface area contributed by atoms with E-state index < -0.39 is 15.8 Å². The Bertz CT molecular complexity index is 948. The highest BCUT2D eigenvalue weighted by atomic mass is 32.2. The van der Waals surface area contributed by atoms with E-state index in [-0.39, 0.29) is 16.7 Å². The zero-order valence-electron chi connectivity index (χ0n) is 16.1. The summed E-state index contributed by atoms with van der Waals surface area (Å²) in [4.78, 5) is 0.135. The van der Waals surface area contributed by atoms with Crippen LogP contribution in [0.3, 0.4) is 0 Å². The maximum Gasteiger partial charge on any atom is 0.243 e. The van der Waals surface area contributed by atoms with Crippen LogP contribution in [0.5, 0.6) is 11.5 Å². The zero-order chi connectivity index (χ0) is 20.3. The minimum Gasteiger partial charge on any atom is -0.496 e. The van der Waals surface area contributed by atoms with Gasteiger partial charge in [-0.1, -0.05) is 6.07 Å². The Morgan fingerprint density at radius 3 is 2.39 bits per heavy atom. The van der Waals surface area contributed by atoms with Gasteiger partial charge in [0, 0.05) is 25.8 Å². The molecule has 6 nitrogen and oxygen atoms in total. The van der Waals surface area contributed by atoms with E-state index in [9.17, 15) is 12.8 Å².